The average molecular weight is 411 g/mol. The van der Waals surface area contributed by atoms with Gasteiger partial charge in [0.05, 0.1) is 7.11 Å². The fourth-order valence-electron chi connectivity index (χ4n) is 2.56. The number of carbonyl (C=O) groups is 1. The summed E-state index contributed by atoms with van der Waals surface area (Å²) in [5.41, 5.74) is 1.52. The molecule has 1 fully saturated rings. The molecule has 0 radical (unpaired) electrons. The Morgan fingerprint density at radius 3 is 2.79 bits per heavy atom. The second kappa shape index (κ2) is 7.44. The highest BCUT2D eigenvalue weighted by Crippen LogP contribution is 2.43. The van der Waals surface area contributed by atoms with E-state index >= 15 is 0 Å². The molecular formula is C17H16BrFN2O2S. The van der Waals surface area contributed by atoms with Crippen LogP contribution in [0.4, 0.5) is 14.9 Å². The molecule has 1 atom stereocenters. The van der Waals surface area contributed by atoms with Crippen molar-refractivity contribution >= 4 is 39.4 Å². The summed E-state index contributed by atoms with van der Waals surface area (Å²) in [5, 5.41) is 2.69. The molecule has 1 aliphatic heterocycles. The van der Waals surface area contributed by atoms with Crippen LogP contribution in [0.25, 0.3) is 0 Å². The van der Waals surface area contributed by atoms with E-state index in [1.807, 2.05) is 18.2 Å². The number of thioether (sulfide) groups is 1. The third kappa shape index (κ3) is 3.67. The minimum Gasteiger partial charge on any atom is -0.496 e. The molecule has 126 valence electrons. The van der Waals surface area contributed by atoms with Crippen molar-refractivity contribution in [2.24, 2.45) is 0 Å². The van der Waals surface area contributed by atoms with Gasteiger partial charge in [-0.1, -0.05) is 15.9 Å². The SMILES string of the molecule is COc1ccc(Br)cc1C1SCCN1C(=O)Nc1ccc(F)cc1. The first kappa shape index (κ1) is 17.1. The summed E-state index contributed by atoms with van der Waals surface area (Å²) < 4.78 is 19.4. The lowest BCUT2D eigenvalue weighted by Crippen LogP contribution is -2.34. The van der Waals surface area contributed by atoms with Crippen molar-refractivity contribution in [2.75, 3.05) is 24.7 Å². The first-order chi connectivity index (χ1) is 11.6. The summed E-state index contributed by atoms with van der Waals surface area (Å²) in [6.07, 6.45) is 0. The number of halogens is 2. The first-order valence-corrected chi connectivity index (χ1v) is 9.21. The van der Waals surface area contributed by atoms with Crippen molar-refractivity contribution < 1.29 is 13.9 Å². The Labute approximate surface area is 152 Å². The number of amides is 2. The lowest BCUT2D eigenvalue weighted by molar-refractivity contribution is 0.213. The van der Waals surface area contributed by atoms with E-state index in [-0.39, 0.29) is 17.2 Å². The number of rotatable bonds is 3. The van der Waals surface area contributed by atoms with Crippen LogP contribution in [0.1, 0.15) is 10.9 Å². The number of anilines is 1. The molecule has 0 bridgehead atoms. The molecule has 7 heteroatoms. The van der Waals surface area contributed by atoms with Gasteiger partial charge >= 0.3 is 6.03 Å². The minimum absolute atomic E-state index is 0.127. The Balaban J connectivity index is 1.81. The van der Waals surface area contributed by atoms with E-state index in [1.54, 1.807) is 35.9 Å². The lowest BCUT2D eigenvalue weighted by atomic mass is 10.2. The Kier molecular flexibility index (Phi) is 5.30. The Morgan fingerprint density at radius 2 is 2.08 bits per heavy atom. The third-order valence-corrected chi connectivity index (χ3v) is 5.44. The number of urea groups is 1. The molecule has 2 aromatic carbocycles. The Bertz CT molecular complexity index is 742. The molecule has 0 spiro atoms. The van der Waals surface area contributed by atoms with Crippen molar-refractivity contribution in [1.29, 1.82) is 0 Å². The molecule has 3 rings (SSSR count). The molecule has 1 unspecified atom stereocenters. The van der Waals surface area contributed by atoms with Crippen molar-refractivity contribution in [2.45, 2.75) is 5.37 Å². The monoisotopic (exact) mass is 410 g/mol. The number of nitrogens with one attached hydrogen (secondary N) is 1. The van der Waals surface area contributed by atoms with E-state index in [2.05, 4.69) is 21.2 Å². The van der Waals surface area contributed by atoms with Gasteiger partial charge in [-0.2, -0.15) is 0 Å². The molecule has 2 amide bonds. The summed E-state index contributed by atoms with van der Waals surface area (Å²) >= 11 is 5.16. The van der Waals surface area contributed by atoms with E-state index in [9.17, 15) is 9.18 Å². The lowest BCUT2D eigenvalue weighted by Gasteiger charge is -2.25. The van der Waals surface area contributed by atoms with E-state index < -0.39 is 0 Å². The summed E-state index contributed by atoms with van der Waals surface area (Å²) in [5.74, 6) is 1.26. The van der Waals surface area contributed by atoms with Gasteiger partial charge in [0.2, 0.25) is 0 Å². The molecule has 0 saturated carbocycles. The van der Waals surface area contributed by atoms with Crippen molar-refractivity contribution in [3.8, 4) is 5.75 Å². The second-order valence-electron chi connectivity index (χ2n) is 5.24. The molecule has 2 aromatic rings. The van der Waals surface area contributed by atoms with Gasteiger partial charge in [-0.05, 0) is 42.5 Å². The molecular weight excluding hydrogens is 395 g/mol. The van der Waals surface area contributed by atoms with E-state index in [1.165, 1.54) is 12.1 Å². The number of ether oxygens (including phenoxy) is 1. The maximum Gasteiger partial charge on any atom is 0.323 e. The second-order valence-corrected chi connectivity index (χ2v) is 7.34. The van der Waals surface area contributed by atoms with Gasteiger partial charge in [-0.25, -0.2) is 9.18 Å². The van der Waals surface area contributed by atoms with Crippen molar-refractivity contribution in [3.63, 3.8) is 0 Å². The average Bonchev–Trinajstić information content (AvgIpc) is 3.06. The zero-order valence-corrected chi connectivity index (χ0v) is 15.4. The van der Waals surface area contributed by atoms with Crippen LogP contribution in [0, 0.1) is 5.82 Å². The van der Waals surface area contributed by atoms with E-state index in [0.29, 0.717) is 12.2 Å². The molecule has 1 aliphatic rings. The van der Waals surface area contributed by atoms with Crippen molar-refractivity contribution in [3.05, 3.63) is 58.3 Å². The molecule has 1 heterocycles. The molecule has 4 nitrogen and oxygen atoms in total. The van der Waals surface area contributed by atoms with Crippen LogP contribution in [0.5, 0.6) is 5.75 Å². The fourth-order valence-corrected chi connectivity index (χ4v) is 4.21. The topological polar surface area (TPSA) is 41.6 Å². The van der Waals surface area contributed by atoms with Gasteiger partial charge < -0.3 is 15.0 Å². The molecule has 1 N–H and O–H groups in total. The number of benzene rings is 2. The summed E-state index contributed by atoms with van der Waals surface area (Å²) in [4.78, 5) is 14.4. The summed E-state index contributed by atoms with van der Waals surface area (Å²) in [7, 11) is 1.62. The highest BCUT2D eigenvalue weighted by atomic mass is 79.9. The molecule has 0 aliphatic carbocycles. The summed E-state index contributed by atoms with van der Waals surface area (Å²) in [6, 6.07) is 11.3. The maximum atomic E-state index is 13.0. The number of nitrogens with zero attached hydrogens (tertiary/aromatic N) is 1. The number of hydrogen-bond donors (Lipinski definition) is 1. The zero-order valence-electron chi connectivity index (χ0n) is 13.0. The van der Waals surface area contributed by atoms with Gasteiger partial charge in [0.15, 0.2) is 0 Å². The first-order valence-electron chi connectivity index (χ1n) is 7.36. The number of methoxy groups -OCH3 is 1. The maximum absolute atomic E-state index is 13.0. The normalized spacial score (nSPS) is 17.0. The predicted octanol–water partition coefficient (Wildman–Crippen LogP) is 4.88. The van der Waals surface area contributed by atoms with Gasteiger partial charge in [0.1, 0.15) is 16.9 Å². The largest absolute Gasteiger partial charge is 0.496 e. The predicted molar refractivity (Wildman–Crippen MR) is 98.0 cm³/mol. The minimum atomic E-state index is -0.332. The highest BCUT2D eigenvalue weighted by Gasteiger charge is 2.32. The highest BCUT2D eigenvalue weighted by molar-refractivity contribution is 9.10. The van der Waals surface area contributed by atoms with Gasteiger partial charge in [-0.15, -0.1) is 11.8 Å². The van der Waals surface area contributed by atoms with E-state index in [4.69, 9.17) is 4.74 Å². The number of hydrogen-bond acceptors (Lipinski definition) is 3. The van der Waals surface area contributed by atoms with Crippen LogP contribution in [-0.2, 0) is 0 Å². The summed E-state index contributed by atoms with van der Waals surface area (Å²) in [6.45, 7) is 0.637. The van der Waals surface area contributed by atoms with Gasteiger partial charge in [0.25, 0.3) is 0 Å². The fraction of sp³-hybridized carbons (Fsp3) is 0.235. The Hall–Kier alpha value is -1.73. The smallest absolute Gasteiger partial charge is 0.323 e. The standard InChI is InChI=1S/C17H16BrFN2O2S/c1-23-15-7-2-11(18)10-14(15)16-21(8-9-24-16)17(22)20-13-5-3-12(19)4-6-13/h2-7,10,16H,8-9H2,1H3,(H,20,22). The van der Waals surface area contributed by atoms with Crippen LogP contribution in [-0.4, -0.2) is 30.3 Å². The zero-order chi connectivity index (χ0) is 17.1. The van der Waals surface area contributed by atoms with E-state index in [0.717, 1.165) is 21.5 Å². The van der Waals surface area contributed by atoms with Crippen LogP contribution < -0.4 is 10.1 Å². The number of carbonyl (C=O) groups excluding carboxylic acids is 1. The third-order valence-electron chi connectivity index (χ3n) is 3.71. The van der Waals surface area contributed by atoms with Crippen LogP contribution >= 0.6 is 27.7 Å². The van der Waals surface area contributed by atoms with Gasteiger partial charge in [-0.3, -0.25) is 0 Å². The van der Waals surface area contributed by atoms with Crippen LogP contribution in [0.15, 0.2) is 46.9 Å². The Morgan fingerprint density at radius 1 is 1.33 bits per heavy atom. The molecule has 1 saturated heterocycles. The van der Waals surface area contributed by atoms with Crippen LogP contribution in [0.2, 0.25) is 0 Å². The van der Waals surface area contributed by atoms with Gasteiger partial charge in [0, 0.05) is 28.0 Å². The van der Waals surface area contributed by atoms with Crippen LogP contribution in [0.3, 0.4) is 0 Å². The molecule has 24 heavy (non-hydrogen) atoms. The quantitative estimate of drug-likeness (QED) is 0.783. The van der Waals surface area contributed by atoms with Crippen molar-refractivity contribution in [1.82, 2.24) is 4.90 Å². The molecule has 0 aromatic heterocycles.